The molecule has 6 nitrogen and oxygen atoms in total. The lowest BCUT2D eigenvalue weighted by atomic mass is 9.81. The van der Waals surface area contributed by atoms with Crippen molar-refractivity contribution in [1.29, 1.82) is 0 Å². The van der Waals surface area contributed by atoms with E-state index in [1.807, 2.05) is 12.1 Å². The molecule has 0 unspecified atom stereocenters. The molecule has 0 aromatic carbocycles. The summed E-state index contributed by atoms with van der Waals surface area (Å²) in [4.78, 5) is 18.0. The summed E-state index contributed by atoms with van der Waals surface area (Å²) < 4.78 is 28.6. The van der Waals surface area contributed by atoms with Crippen LogP contribution in [0.15, 0.2) is 24.5 Å². The molecule has 0 radical (unpaired) electrons. The second kappa shape index (κ2) is 6.11. The summed E-state index contributed by atoms with van der Waals surface area (Å²) in [5.41, 5.74) is -0.0526. The zero-order chi connectivity index (χ0) is 16.5. The first-order valence-electron chi connectivity index (χ1n) is 7.86. The van der Waals surface area contributed by atoms with Crippen molar-refractivity contribution in [3.63, 3.8) is 0 Å². The highest BCUT2D eigenvalue weighted by Gasteiger charge is 2.51. The zero-order valence-corrected chi connectivity index (χ0v) is 14.1. The standard InChI is InChI=1S/C16H22N2O4S/c1-23(20,21)10-15(19)18-9-13-4-2-6-16(13,11-18)12-22-14-5-3-7-17-8-14/h3,5,7-8,13H,2,4,6,9-12H2,1H3/t13-,16+/m0/s1. The van der Waals surface area contributed by atoms with Crippen molar-refractivity contribution in [2.45, 2.75) is 19.3 Å². The van der Waals surface area contributed by atoms with Gasteiger partial charge in [-0.25, -0.2) is 8.42 Å². The number of fused-ring (bicyclic) bond motifs is 1. The van der Waals surface area contributed by atoms with Crippen molar-refractivity contribution in [1.82, 2.24) is 9.88 Å². The van der Waals surface area contributed by atoms with Crippen LogP contribution in [0.4, 0.5) is 0 Å². The third kappa shape index (κ3) is 3.65. The lowest BCUT2D eigenvalue weighted by molar-refractivity contribution is -0.128. The maximum atomic E-state index is 12.2. The van der Waals surface area contributed by atoms with E-state index in [0.29, 0.717) is 25.6 Å². The molecule has 0 spiro atoms. The van der Waals surface area contributed by atoms with Crippen LogP contribution in [0.1, 0.15) is 19.3 Å². The summed E-state index contributed by atoms with van der Waals surface area (Å²) in [5.74, 6) is 0.429. The molecule has 0 bridgehead atoms. The first-order chi connectivity index (χ1) is 10.9. The molecule has 1 aliphatic carbocycles. The molecule has 126 valence electrons. The number of nitrogens with zero attached hydrogens (tertiary/aromatic N) is 2. The van der Waals surface area contributed by atoms with Gasteiger partial charge in [-0.2, -0.15) is 0 Å². The molecule has 1 aliphatic heterocycles. The molecule has 1 saturated carbocycles. The summed E-state index contributed by atoms with van der Waals surface area (Å²) in [5, 5.41) is 0. The van der Waals surface area contributed by atoms with E-state index < -0.39 is 15.6 Å². The number of likely N-dealkylation sites (tertiary alicyclic amines) is 1. The Bertz CT molecular complexity index is 677. The van der Waals surface area contributed by atoms with E-state index in [1.54, 1.807) is 17.3 Å². The van der Waals surface area contributed by atoms with Gasteiger partial charge in [0.1, 0.15) is 11.5 Å². The molecule has 0 N–H and O–H groups in total. The van der Waals surface area contributed by atoms with Crippen LogP contribution in [0, 0.1) is 11.3 Å². The van der Waals surface area contributed by atoms with E-state index in [0.717, 1.165) is 31.3 Å². The number of rotatable bonds is 5. The maximum absolute atomic E-state index is 12.2. The van der Waals surface area contributed by atoms with E-state index in [2.05, 4.69) is 4.98 Å². The third-order valence-corrected chi connectivity index (χ3v) is 5.71. The smallest absolute Gasteiger partial charge is 0.237 e. The van der Waals surface area contributed by atoms with E-state index >= 15 is 0 Å². The minimum atomic E-state index is -3.29. The van der Waals surface area contributed by atoms with Crippen molar-refractivity contribution in [3.8, 4) is 5.75 Å². The van der Waals surface area contributed by atoms with E-state index in [4.69, 9.17) is 4.74 Å². The molecule has 1 amide bonds. The highest BCUT2D eigenvalue weighted by Crippen LogP contribution is 2.48. The number of hydrogen-bond acceptors (Lipinski definition) is 5. The summed E-state index contributed by atoms with van der Waals surface area (Å²) in [7, 11) is -3.29. The van der Waals surface area contributed by atoms with Gasteiger partial charge in [-0.15, -0.1) is 0 Å². The second-order valence-electron chi connectivity index (χ2n) is 6.77. The van der Waals surface area contributed by atoms with Gasteiger partial charge in [0.15, 0.2) is 9.84 Å². The Kier molecular flexibility index (Phi) is 4.31. The number of pyridine rings is 1. The molecule has 2 heterocycles. The van der Waals surface area contributed by atoms with Gasteiger partial charge in [0.2, 0.25) is 5.91 Å². The Labute approximate surface area is 136 Å². The van der Waals surface area contributed by atoms with Crippen molar-refractivity contribution in [2.75, 3.05) is 31.7 Å². The molecule has 2 fully saturated rings. The van der Waals surface area contributed by atoms with Gasteiger partial charge < -0.3 is 9.64 Å². The largest absolute Gasteiger partial charge is 0.491 e. The Morgan fingerprint density at radius 3 is 3.04 bits per heavy atom. The number of hydrogen-bond donors (Lipinski definition) is 0. The molecule has 1 aromatic rings. The maximum Gasteiger partial charge on any atom is 0.237 e. The highest BCUT2D eigenvalue weighted by molar-refractivity contribution is 7.91. The van der Waals surface area contributed by atoms with E-state index in [9.17, 15) is 13.2 Å². The monoisotopic (exact) mass is 338 g/mol. The van der Waals surface area contributed by atoms with E-state index in [1.165, 1.54) is 0 Å². The quantitative estimate of drug-likeness (QED) is 0.804. The molecular formula is C16H22N2O4S. The normalized spacial score (nSPS) is 27.0. The summed E-state index contributed by atoms with van der Waals surface area (Å²) in [6.45, 7) is 1.78. The lowest BCUT2D eigenvalue weighted by Crippen LogP contribution is -2.37. The SMILES string of the molecule is CS(=O)(=O)CC(=O)N1C[C@@H]2CCC[C@]2(COc2cccnc2)C1. The van der Waals surface area contributed by atoms with Crippen LogP contribution < -0.4 is 4.74 Å². The number of sulfone groups is 1. The molecule has 23 heavy (non-hydrogen) atoms. The summed E-state index contributed by atoms with van der Waals surface area (Å²) in [6.07, 6.45) is 7.70. The Balaban J connectivity index is 1.67. The fourth-order valence-corrected chi connectivity index (χ4v) is 4.45. The summed E-state index contributed by atoms with van der Waals surface area (Å²) in [6, 6.07) is 3.70. The van der Waals surface area contributed by atoms with Gasteiger partial charge in [-0.1, -0.05) is 6.42 Å². The minimum Gasteiger partial charge on any atom is -0.491 e. The second-order valence-corrected chi connectivity index (χ2v) is 8.91. The number of carbonyl (C=O) groups excluding carboxylic acids is 1. The van der Waals surface area contributed by atoms with Gasteiger partial charge in [-0.3, -0.25) is 9.78 Å². The lowest BCUT2D eigenvalue weighted by Gasteiger charge is -2.28. The van der Waals surface area contributed by atoms with Gasteiger partial charge in [0, 0.05) is 31.0 Å². The van der Waals surface area contributed by atoms with Gasteiger partial charge in [0.25, 0.3) is 0 Å². The number of amides is 1. The molecular weight excluding hydrogens is 316 g/mol. The van der Waals surface area contributed by atoms with Crippen LogP contribution in [0.2, 0.25) is 0 Å². The van der Waals surface area contributed by atoms with Gasteiger partial charge in [-0.05, 0) is 30.9 Å². The zero-order valence-electron chi connectivity index (χ0n) is 13.3. The molecule has 1 aromatic heterocycles. The number of aromatic nitrogens is 1. The molecule has 1 saturated heterocycles. The fraction of sp³-hybridized carbons (Fsp3) is 0.625. The Hall–Kier alpha value is -1.63. The average Bonchev–Trinajstić information content (AvgIpc) is 3.01. The number of carbonyl (C=O) groups is 1. The van der Waals surface area contributed by atoms with Crippen molar-refractivity contribution in [2.24, 2.45) is 11.3 Å². The van der Waals surface area contributed by atoms with Crippen LogP contribution in [0.5, 0.6) is 5.75 Å². The number of ether oxygens (including phenoxy) is 1. The Morgan fingerprint density at radius 2 is 2.35 bits per heavy atom. The molecule has 2 atom stereocenters. The summed E-state index contributed by atoms with van der Waals surface area (Å²) >= 11 is 0. The molecule has 7 heteroatoms. The minimum absolute atomic E-state index is 0.0526. The highest BCUT2D eigenvalue weighted by atomic mass is 32.2. The average molecular weight is 338 g/mol. The first-order valence-corrected chi connectivity index (χ1v) is 9.92. The van der Waals surface area contributed by atoms with Gasteiger partial charge in [0.05, 0.1) is 12.8 Å². The fourth-order valence-electron chi connectivity index (χ4n) is 3.82. The van der Waals surface area contributed by atoms with Crippen LogP contribution in [0.3, 0.4) is 0 Å². The third-order valence-electron chi connectivity index (χ3n) is 4.94. The van der Waals surface area contributed by atoms with Crippen molar-refractivity contribution in [3.05, 3.63) is 24.5 Å². The molecule has 2 aliphatic rings. The van der Waals surface area contributed by atoms with Crippen LogP contribution >= 0.6 is 0 Å². The van der Waals surface area contributed by atoms with Crippen LogP contribution in [-0.2, 0) is 14.6 Å². The Morgan fingerprint density at radius 1 is 1.52 bits per heavy atom. The van der Waals surface area contributed by atoms with E-state index in [-0.39, 0.29) is 11.3 Å². The van der Waals surface area contributed by atoms with Crippen LogP contribution in [0.25, 0.3) is 0 Å². The first kappa shape index (κ1) is 16.2. The predicted molar refractivity (Wildman–Crippen MR) is 85.8 cm³/mol. The van der Waals surface area contributed by atoms with Crippen molar-refractivity contribution < 1.29 is 17.9 Å². The van der Waals surface area contributed by atoms with Gasteiger partial charge >= 0.3 is 0 Å². The topological polar surface area (TPSA) is 76.6 Å². The van der Waals surface area contributed by atoms with Crippen molar-refractivity contribution >= 4 is 15.7 Å². The van der Waals surface area contributed by atoms with Crippen LogP contribution in [-0.4, -0.2) is 55.9 Å². The molecule has 3 rings (SSSR count). The predicted octanol–water partition coefficient (Wildman–Crippen LogP) is 1.13.